The highest BCUT2D eigenvalue weighted by Crippen LogP contribution is 2.28. The quantitative estimate of drug-likeness (QED) is 0.300. The van der Waals surface area contributed by atoms with E-state index in [0.717, 1.165) is 26.6 Å². The molecule has 0 saturated heterocycles. The molecular formula is C24H23BrN4O3. The molecule has 4 aromatic rings. The van der Waals surface area contributed by atoms with E-state index in [1.54, 1.807) is 19.2 Å². The third-order valence-electron chi connectivity index (χ3n) is 5.63. The first-order chi connectivity index (χ1) is 15.4. The van der Waals surface area contributed by atoms with E-state index in [-0.39, 0.29) is 11.5 Å². The topological polar surface area (TPSA) is 78.5 Å². The molecule has 7 nitrogen and oxygen atoms in total. The fourth-order valence-electron chi connectivity index (χ4n) is 4.01. The molecule has 1 atom stereocenters. The minimum absolute atomic E-state index is 0.228. The van der Waals surface area contributed by atoms with Gasteiger partial charge in [0.2, 0.25) is 0 Å². The summed E-state index contributed by atoms with van der Waals surface area (Å²) in [7, 11) is 1.38. The van der Waals surface area contributed by atoms with Gasteiger partial charge in [0.25, 0.3) is 5.56 Å². The number of para-hydroxylation sites is 1. The molecule has 0 aliphatic carbocycles. The maximum absolute atomic E-state index is 13.2. The summed E-state index contributed by atoms with van der Waals surface area (Å²) in [5.74, 6) is 0.247. The Labute approximate surface area is 193 Å². The predicted octanol–water partition coefficient (Wildman–Crippen LogP) is 4.60. The van der Waals surface area contributed by atoms with Gasteiger partial charge >= 0.3 is 5.97 Å². The van der Waals surface area contributed by atoms with Gasteiger partial charge in [-0.25, -0.2) is 9.78 Å². The van der Waals surface area contributed by atoms with Gasteiger partial charge in [0.05, 0.1) is 24.2 Å². The minimum atomic E-state index is -0.499. The lowest BCUT2D eigenvalue weighted by Crippen LogP contribution is -2.22. The molecule has 8 heteroatoms. The third-order valence-corrected chi connectivity index (χ3v) is 6.12. The van der Waals surface area contributed by atoms with Gasteiger partial charge in [0, 0.05) is 33.1 Å². The lowest BCUT2D eigenvalue weighted by Gasteiger charge is -2.15. The summed E-state index contributed by atoms with van der Waals surface area (Å²) in [5, 5.41) is 5.98. The van der Waals surface area contributed by atoms with Crippen LogP contribution in [0.4, 0.5) is 0 Å². The van der Waals surface area contributed by atoms with Crippen molar-refractivity contribution in [2.75, 3.05) is 7.11 Å². The van der Waals surface area contributed by atoms with Crippen molar-refractivity contribution in [1.82, 2.24) is 14.2 Å². The number of ether oxygens (including phenoxy) is 1. The first-order valence-corrected chi connectivity index (χ1v) is 11.1. The van der Waals surface area contributed by atoms with E-state index < -0.39 is 6.04 Å². The normalized spacial score (nSPS) is 12.7. The number of carbonyl (C=O) groups is 1. The predicted molar refractivity (Wildman–Crippen MR) is 129 cm³/mol. The van der Waals surface area contributed by atoms with Gasteiger partial charge in [-0.1, -0.05) is 41.1 Å². The van der Waals surface area contributed by atoms with E-state index in [4.69, 9.17) is 4.74 Å². The molecule has 164 valence electrons. The number of halogens is 1. The van der Waals surface area contributed by atoms with Crippen molar-refractivity contribution in [3.8, 4) is 0 Å². The van der Waals surface area contributed by atoms with Gasteiger partial charge < -0.3 is 9.30 Å². The molecule has 0 aliphatic heterocycles. The summed E-state index contributed by atoms with van der Waals surface area (Å²) in [6.07, 6.45) is 2.23. The third kappa shape index (κ3) is 3.64. The summed E-state index contributed by atoms with van der Waals surface area (Å²) in [6.45, 7) is 5.67. The molecule has 32 heavy (non-hydrogen) atoms. The molecular weight excluding hydrogens is 472 g/mol. The number of esters is 1. The highest BCUT2D eigenvalue weighted by Gasteiger charge is 2.22. The lowest BCUT2D eigenvalue weighted by molar-refractivity contribution is -0.143. The van der Waals surface area contributed by atoms with Gasteiger partial charge in [-0.15, -0.1) is 0 Å². The van der Waals surface area contributed by atoms with Crippen LogP contribution in [-0.4, -0.2) is 33.5 Å². The van der Waals surface area contributed by atoms with Crippen LogP contribution in [0.3, 0.4) is 0 Å². The van der Waals surface area contributed by atoms with Crippen molar-refractivity contribution in [2.45, 2.75) is 33.2 Å². The van der Waals surface area contributed by atoms with Gasteiger partial charge in [-0.05, 0) is 38.1 Å². The van der Waals surface area contributed by atoms with E-state index in [1.807, 2.05) is 54.8 Å². The Hall–Kier alpha value is -3.26. The fraction of sp³-hybridized carbons (Fsp3) is 0.250. The van der Waals surface area contributed by atoms with Crippen LogP contribution in [0.5, 0.6) is 0 Å². The first kappa shape index (κ1) is 22.0. The zero-order valence-corrected chi connectivity index (χ0v) is 19.9. The highest BCUT2D eigenvalue weighted by molar-refractivity contribution is 9.10. The molecule has 0 fully saturated rings. The summed E-state index contributed by atoms with van der Waals surface area (Å²) < 4.78 is 9.04. The number of nitrogens with zero attached hydrogens (tertiary/aromatic N) is 4. The Morgan fingerprint density at radius 3 is 2.72 bits per heavy atom. The Bertz CT molecular complexity index is 1430. The SMILES string of the molecule is CCc1nc2ccc(Br)cc2c(=O)n1N=Cc1c(C)n([C@@H](C)C(=O)OC)c2ccccc12. The smallest absolute Gasteiger partial charge is 0.328 e. The number of carbonyl (C=O) groups excluding carboxylic acids is 1. The van der Waals surface area contributed by atoms with E-state index in [1.165, 1.54) is 11.8 Å². The van der Waals surface area contributed by atoms with Crippen molar-refractivity contribution in [1.29, 1.82) is 0 Å². The molecule has 0 unspecified atom stereocenters. The molecule has 0 radical (unpaired) electrons. The molecule has 0 aliphatic rings. The highest BCUT2D eigenvalue weighted by atomic mass is 79.9. The zero-order valence-electron chi connectivity index (χ0n) is 18.3. The number of benzene rings is 2. The average molecular weight is 495 g/mol. The lowest BCUT2D eigenvalue weighted by atomic mass is 10.1. The first-order valence-electron chi connectivity index (χ1n) is 10.3. The van der Waals surface area contributed by atoms with Crippen LogP contribution < -0.4 is 5.56 Å². The molecule has 4 rings (SSSR count). The number of aromatic nitrogens is 3. The summed E-state index contributed by atoms with van der Waals surface area (Å²) in [5.41, 5.74) is 3.00. The van der Waals surface area contributed by atoms with Crippen LogP contribution in [0.25, 0.3) is 21.8 Å². The standard InChI is InChI=1S/C24H23BrN4O3/c1-5-22-27-20-11-10-16(25)12-18(20)23(30)29(22)26-13-19-14(2)28(15(3)24(31)32-4)21-9-7-6-8-17(19)21/h6-13,15H,5H2,1-4H3/t15-/m0/s1. The second-order valence-electron chi connectivity index (χ2n) is 7.49. The Morgan fingerprint density at radius 1 is 1.25 bits per heavy atom. The van der Waals surface area contributed by atoms with E-state index in [9.17, 15) is 9.59 Å². The number of fused-ring (bicyclic) bond motifs is 2. The van der Waals surface area contributed by atoms with Crippen LogP contribution in [0, 0.1) is 6.92 Å². The maximum Gasteiger partial charge on any atom is 0.328 e. The zero-order chi connectivity index (χ0) is 23.0. The fourth-order valence-corrected chi connectivity index (χ4v) is 4.37. The van der Waals surface area contributed by atoms with Crippen LogP contribution in [0.1, 0.15) is 37.0 Å². The number of hydrogen-bond donors (Lipinski definition) is 0. The molecule has 0 saturated carbocycles. The van der Waals surface area contributed by atoms with Crippen molar-refractivity contribution in [2.24, 2.45) is 5.10 Å². The second kappa shape index (κ2) is 8.70. The molecule has 2 aromatic heterocycles. The molecule has 0 amide bonds. The second-order valence-corrected chi connectivity index (χ2v) is 8.41. The van der Waals surface area contributed by atoms with Crippen LogP contribution >= 0.6 is 15.9 Å². The molecule has 0 spiro atoms. The van der Waals surface area contributed by atoms with Crippen LogP contribution in [0.15, 0.2) is 56.8 Å². The van der Waals surface area contributed by atoms with E-state index >= 15 is 0 Å². The number of methoxy groups -OCH3 is 1. The summed E-state index contributed by atoms with van der Waals surface area (Å²) in [6, 6.07) is 12.7. The van der Waals surface area contributed by atoms with Crippen molar-refractivity contribution in [3.63, 3.8) is 0 Å². The van der Waals surface area contributed by atoms with E-state index in [2.05, 4.69) is 26.0 Å². The maximum atomic E-state index is 13.2. The van der Waals surface area contributed by atoms with Gasteiger partial charge in [0.1, 0.15) is 11.9 Å². The minimum Gasteiger partial charge on any atom is -0.467 e. The average Bonchev–Trinajstić information content (AvgIpc) is 3.08. The van der Waals surface area contributed by atoms with Crippen molar-refractivity contribution in [3.05, 3.63) is 74.4 Å². The summed E-state index contributed by atoms with van der Waals surface area (Å²) >= 11 is 3.42. The molecule has 0 N–H and O–H groups in total. The summed E-state index contributed by atoms with van der Waals surface area (Å²) in [4.78, 5) is 30.1. The van der Waals surface area contributed by atoms with Crippen molar-refractivity contribution >= 4 is 49.9 Å². The Balaban J connectivity index is 1.91. The van der Waals surface area contributed by atoms with E-state index in [0.29, 0.717) is 23.1 Å². The monoisotopic (exact) mass is 494 g/mol. The Kier molecular flexibility index (Phi) is 5.97. The largest absolute Gasteiger partial charge is 0.467 e. The molecule has 2 aromatic carbocycles. The number of hydrogen-bond acceptors (Lipinski definition) is 5. The van der Waals surface area contributed by atoms with Gasteiger partial charge in [-0.3, -0.25) is 4.79 Å². The molecule has 2 heterocycles. The molecule has 0 bridgehead atoms. The number of aryl methyl sites for hydroxylation is 1. The van der Waals surface area contributed by atoms with Crippen molar-refractivity contribution < 1.29 is 9.53 Å². The Morgan fingerprint density at radius 2 is 2.00 bits per heavy atom. The van der Waals surface area contributed by atoms with Gasteiger partial charge in [-0.2, -0.15) is 9.78 Å². The van der Waals surface area contributed by atoms with Crippen LogP contribution in [-0.2, 0) is 16.0 Å². The van der Waals surface area contributed by atoms with Crippen LogP contribution in [0.2, 0.25) is 0 Å². The number of rotatable bonds is 5. The van der Waals surface area contributed by atoms with Gasteiger partial charge in [0.15, 0.2) is 0 Å².